The van der Waals surface area contributed by atoms with E-state index in [1.165, 1.54) is 24.1 Å². The van der Waals surface area contributed by atoms with Gasteiger partial charge in [0.1, 0.15) is 12.1 Å². The average molecular weight is 293 g/mol. The summed E-state index contributed by atoms with van der Waals surface area (Å²) >= 11 is 1.75. The molecule has 1 aliphatic carbocycles. The Morgan fingerprint density at radius 2 is 2.40 bits per heavy atom. The lowest BCUT2D eigenvalue weighted by Crippen LogP contribution is -2.37. The van der Waals surface area contributed by atoms with Gasteiger partial charge in [0.15, 0.2) is 0 Å². The molecule has 1 aromatic heterocycles. The van der Waals surface area contributed by atoms with E-state index in [9.17, 15) is 4.79 Å². The highest BCUT2D eigenvalue weighted by atomic mass is 32.1. The maximum Gasteiger partial charge on any atom is 0.328 e. The molecule has 0 saturated heterocycles. The van der Waals surface area contributed by atoms with Crippen LogP contribution in [0.3, 0.4) is 0 Å². The van der Waals surface area contributed by atoms with Crippen LogP contribution in [-0.4, -0.2) is 18.6 Å². The van der Waals surface area contributed by atoms with E-state index < -0.39 is 0 Å². The van der Waals surface area contributed by atoms with E-state index >= 15 is 0 Å². The molecule has 1 saturated carbocycles. The predicted molar refractivity (Wildman–Crippen MR) is 80.9 cm³/mol. The molecule has 0 amide bonds. The van der Waals surface area contributed by atoms with Crippen LogP contribution in [0.4, 0.5) is 0 Å². The summed E-state index contributed by atoms with van der Waals surface area (Å²) in [5.41, 5.74) is 1.13. The third-order valence-corrected chi connectivity index (χ3v) is 5.62. The third-order valence-electron chi connectivity index (χ3n) is 4.62. The number of nitrogens with one attached hydrogen (secondary N) is 1. The number of fused-ring (bicyclic) bond motifs is 1. The fourth-order valence-corrected chi connectivity index (χ4v) is 4.33. The fraction of sp³-hybridized carbons (Fsp3) is 0.688. The largest absolute Gasteiger partial charge is 0.461 e. The van der Waals surface area contributed by atoms with Crippen molar-refractivity contribution in [1.82, 2.24) is 5.32 Å². The van der Waals surface area contributed by atoms with Gasteiger partial charge in [0.05, 0.1) is 0 Å². The van der Waals surface area contributed by atoms with Crippen molar-refractivity contribution in [3.05, 3.63) is 21.9 Å². The zero-order chi connectivity index (χ0) is 13.9. The Bertz CT molecular complexity index is 471. The zero-order valence-electron chi connectivity index (χ0n) is 12.1. The van der Waals surface area contributed by atoms with Gasteiger partial charge in [-0.2, -0.15) is 0 Å². The number of hydrogen-bond acceptors (Lipinski definition) is 4. The molecule has 2 heterocycles. The summed E-state index contributed by atoms with van der Waals surface area (Å²) in [6, 6.07) is 1.82. The minimum Gasteiger partial charge on any atom is -0.461 e. The molecule has 0 aromatic carbocycles. The first kappa shape index (κ1) is 14.1. The first-order valence-corrected chi connectivity index (χ1v) is 8.66. The zero-order valence-corrected chi connectivity index (χ0v) is 12.9. The summed E-state index contributed by atoms with van der Waals surface area (Å²) in [4.78, 5) is 13.8. The molecule has 1 N–H and O–H groups in total. The van der Waals surface area contributed by atoms with E-state index in [1.807, 2.05) is 0 Å². The first-order valence-electron chi connectivity index (χ1n) is 7.78. The number of carbonyl (C=O) groups is 1. The quantitative estimate of drug-likeness (QED) is 0.868. The molecule has 3 nitrogen and oxygen atoms in total. The van der Waals surface area contributed by atoms with Crippen molar-refractivity contribution in [2.24, 2.45) is 5.92 Å². The van der Waals surface area contributed by atoms with Crippen molar-refractivity contribution in [2.45, 2.75) is 57.6 Å². The highest BCUT2D eigenvalue weighted by Crippen LogP contribution is 2.32. The molecule has 0 bridgehead atoms. The van der Waals surface area contributed by atoms with Crippen LogP contribution in [0.5, 0.6) is 0 Å². The van der Waals surface area contributed by atoms with Crippen LogP contribution in [0.25, 0.3) is 0 Å². The van der Waals surface area contributed by atoms with E-state index in [0.717, 1.165) is 37.3 Å². The number of thiophene rings is 1. The molecular formula is C16H23NO2S. The van der Waals surface area contributed by atoms with E-state index in [1.54, 1.807) is 11.3 Å². The SMILES string of the molecule is CCC1CCCC(OC(=O)C2NCCc3sccc32)C1. The molecule has 0 radical (unpaired) electrons. The van der Waals surface area contributed by atoms with Gasteiger partial charge in [-0.15, -0.1) is 11.3 Å². The molecule has 3 atom stereocenters. The molecule has 110 valence electrons. The van der Waals surface area contributed by atoms with Gasteiger partial charge >= 0.3 is 5.97 Å². The Balaban J connectivity index is 1.63. The van der Waals surface area contributed by atoms with Gasteiger partial charge in [-0.1, -0.05) is 19.8 Å². The van der Waals surface area contributed by atoms with Crippen molar-refractivity contribution in [3.8, 4) is 0 Å². The summed E-state index contributed by atoms with van der Waals surface area (Å²) in [7, 11) is 0. The lowest BCUT2D eigenvalue weighted by atomic mass is 9.85. The second-order valence-corrected chi connectivity index (χ2v) is 6.94. The van der Waals surface area contributed by atoms with Gasteiger partial charge < -0.3 is 10.1 Å². The summed E-state index contributed by atoms with van der Waals surface area (Å²) in [6.07, 6.45) is 6.92. The Labute approximate surface area is 124 Å². The molecule has 3 rings (SSSR count). The van der Waals surface area contributed by atoms with Gasteiger partial charge in [0, 0.05) is 11.4 Å². The molecule has 2 aliphatic rings. The number of carbonyl (C=O) groups excluding carboxylic acids is 1. The maximum absolute atomic E-state index is 12.4. The molecule has 1 aliphatic heterocycles. The molecule has 4 heteroatoms. The monoisotopic (exact) mass is 293 g/mol. The number of hydrogen-bond donors (Lipinski definition) is 1. The van der Waals surface area contributed by atoms with E-state index in [2.05, 4.69) is 23.7 Å². The number of ether oxygens (including phenoxy) is 1. The number of esters is 1. The van der Waals surface area contributed by atoms with Crippen molar-refractivity contribution in [2.75, 3.05) is 6.54 Å². The van der Waals surface area contributed by atoms with Crippen LogP contribution in [-0.2, 0) is 16.0 Å². The lowest BCUT2D eigenvalue weighted by molar-refractivity contribution is -0.154. The van der Waals surface area contributed by atoms with E-state index in [0.29, 0.717) is 0 Å². The van der Waals surface area contributed by atoms with Gasteiger partial charge in [-0.25, -0.2) is 4.79 Å². The summed E-state index contributed by atoms with van der Waals surface area (Å²) in [5.74, 6) is 0.656. The standard InChI is InChI=1S/C16H23NO2S/c1-2-11-4-3-5-12(10-11)19-16(18)15-13-7-9-20-14(13)6-8-17-15/h7,9,11-12,15,17H,2-6,8,10H2,1H3. The summed E-state index contributed by atoms with van der Waals surface area (Å²) in [5, 5.41) is 5.38. The Morgan fingerprint density at radius 3 is 3.25 bits per heavy atom. The van der Waals surface area contributed by atoms with Crippen LogP contribution >= 0.6 is 11.3 Å². The third kappa shape index (κ3) is 2.91. The number of rotatable bonds is 3. The van der Waals surface area contributed by atoms with Crippen molar-refractivity contribution in [3.63, 3.8) is 0 Å². The second-order valence-electron chi connectivity index (χ2n) is 5.94. The fourth-order valence-electron chi connectivity index (χ4n) is 3.41. The smallest absolute Gasteiger partial charge is 0.328 e. The van der Waals surface area contributed by atoms with Crippen molar-refractivity contribution < 1.29 is 9.53 Å². The van der Waals surface area contributed by atoms with Crippen LogP contribution in [0, 0.1) is 5.92 Å². The molecule has 1 fully saturated rings. The molecule has 3 unspecified atom stereocenters. The van der Waals surface area contributed by atoms with Gasteiger partial charge in [-0.05, 0) is 48.6 Å². The highest BCUT2D eigenvalue weighted by Gasteiger charge is 2.31. The van der Waals surface area contributed by atoms with Crippen molar-refractivity contribution >= 4 is 17.3 Å². The topological polar surface area (TPSA) is 38.3 Å². The van der Waals surface area contributed by atoms with Gasteiger partial charge in [-0.3, -0.25) is 0 Å². The van der Waals surface area contributed by atoms with Crippen molar-refractivity contribution in [1.29, 1.82) is 0 Å². The minimum absolute atomic E-state index is 0.0777. The summed E-state index contributed by atoms with van der Waals surface area (Å²) in [6.45, 7) is 3.10. The molecule has 0 spiro atoms. The van der Waals surface area contributed by atoms with Crippen LogP contribution in [0.15, 0.2) is 11.4 Å². The molecule has 1 aromatic rings. The van der Waals surface area contributed by atoms with Crippen LogP contribution < -0.4 is 5.32 Å². The van der Waals surface area contributed by atoms with Gasteiger partial charge in [0.25, 0.3) is 0 Å². The first-order chi connectivity index (χ1) is 9.78. The minimum atomic E-state index is -0.244. The average Bonchev–Trinajstić information content (AvgIpc) is 2.95. The van der Waals surface area contributed by atoms with E-state index in [-0.39, 0.29) is 18.1 Å². The Hall–Kier alpha value is -0.870. The summed E-state index contributed by atoms with van der Waals surface area (Å²) < 4.78 is 5.79. The van der Waals surface area contributed by atoms with Gasteiger partial charge in [0.2, 0.25) is 0 Å². The Morgan fingerprint density at radius 1 is 1.50 bits per heavy atom. The van der Waals surface area contributed by atoms with Crippen LogP contribution in [0.2, 0.25) is 0 Å². The molecule has 20 heavy (non-hydrogen) atoms. The normalized spacial score (nSPS) is 29.8. The molecular weight excluding hydrogens is 270 g/mol. The second kappa shape index (κ2) is 6.27. The maximum atomic E-state index is 12.4. The Kier molecular flexibility index (Phi) is 4.41. The predicted octanol–water partition coefficient (Wildman–Crippen LogP) is 3.45. The van der Waals surface area contributed by atoms with E-state index in [4.69, 9.17) is 4.74 Å². The van der Waals surface area contributed by atoms with Crippen LogP contribution in [0.1, 0.15) is 55.5 Å². The lowest BCUT2D eigenvalue weighted by Gasteiger charge is -2.30. The highest BCUT2D eigenvalue weighted by molar-refractivity contribution is 7.10.